The third-order valence-electron chi connectivity index (χ3n) is 4.84. The number of sulfonamides is 1. The van der Waals surface area contributed by atoms with Crippen LogP contribution in [-0.2, 0) is 26.8 Å². The van der Waals surface area contributed by atoms with E-state index in [1.807, 2.05) is 0 Å². The van der Waals surface area contributed by atoms with Crippen LogP contribution >= 0.6 is 11.6 Å². The van der Waals surface area contributed by atoms with E-state index in [0.717, 1.165) is 28.6 Å². The third-order valence-corrected chi connectivity index (χ3v) is 7.63. The van der Waals surface area contributed by atoms with E-state index in [-0.39, 0.29) is 22.8 Å². The predicted octanol–water partition coefficient (Wildman–Crippen LogP) is 3.63. The first-order chi connectivity index (χ1) is 15.6. The van der Waals surface area contributed by atoms with Crippen LogP contribution in [0.4, 0.5) is 9.57 Å². The Balaban J connectivity index is 1.91. The number of anilines is 1. The summed E-state index contributed by atoms with van der Waals surface area (Å²) in [7, 11) is -9.53. The van der Waals surface area contributed by atoms with Gasteiger partial charge in [0.25, 0.3) is 15.6 Å². The summed E-state index contributed by atoms with van der Waals surface area (Å²) in [5.74, 6) is 0. The summed E-state index contributed by atoms with van der Waals surface area (Å²) in [6, 6.07) is 13.2. The number of pyridine rings is 2. The molecular weight excluding hydrogens is 493 g/mol. The molecule has 0 aliphatic rings. The minimum Gasteiger partial charge on any atom is -0.329 e. The Bertz CT molecular complexity index is 1640. The number of fused-ring (bicyclic) bond motifs is 1. The molecule has 170 valence electrons. The normalized spacial score (nSPS) is 12.1. The van der Waals surface area contributed by atoms with Gasteiger partial charge < -0.3 is 4.98 Å². The molecule has 1 N–H and O–H groups in total. The van der Waals surface area contributed by atoms with Crippen molar-refractivity contribution < 1.29 is 20.7 Å². The molecule has 0 saturated carbocycles. The van der Waals surface area contributed by atoms with Gasteiger partial charge in [0.2, 0.25) is 0 Å². The maximum atomic E-state index is 13.6. The number of H-pyrrole nitrogens is 1. The van der Waals surface area contributed by atoms with E-state index >= 15 is 0 Å². The molecule has 0 aliphatic heterocycles. The van der Waals surface area contributed by atoms with Crippen LogP contribution in [0.25, 0.3) is 10.8 Å². The zero-order valence-corrected chi connectivity index (χ0v) is 19.0. The first kappa shape index (κ1) is 22.9. The molecule has 0 radical (unpaired) electrons. The standard InChI is InChI=1S/C21H15ClFN3O5S2/c22-20-10-14(6-8-24-20)13-26(16-5-4-15-7-9-25-21(27)19(15)11-16)33(30,31)18-3-1-2-17(12-18)32(23,28)29/h1-12H,13H2,(H,25,27). The Hall–Kier alpha value is -3.28. The van der Waals surface area contributed by atoms with Gasteiger partial charge in [-0.1, -0.05) is 23.7 Å². The lowest BCUT2D eigenvalue weighted by Gasteiger charge is -2.25. The summed E-state index contributed by atoms with van der Waals surface area (Å²) in [5.41, 5.74) is 0.208. The molecule has 33 heavy (non-hydrogen) atoms. The van der Waals surface area contributed by atoms with Gasteiger partial charge in [-0.3, -0.25) is 9.10 Å². The molecule has 2 aromatic carbocycles. The molecule has 2 aromatic heterocycles. The quantitative estimate of drug-likeness (QED) is 0.314. The molecule has 0 fully saturated rings. The maximum absolute atomic E-state index is 13.6. The topological polar surface area (TPSA) is 117 Å². The predicted molar refractivity (Wildman–Crippen MR) is 122 cm³/mol. The zero-order valence-electron chi connectivity index (χ0n) is 16.6. The Kier molecular flexibility index (Phi) is 5.95. The first-order valence-corrected chi connectivity index (χ1v) is 12.6. The van der Waals surface area contributed by atoms with E-state index in [1.165, 1.54) is 30.6 Å². The van der Waals surface area contributed by atoms with E-state index in [2.05, 4.69) is 9.97 Å². The highest BCUT2D eigenvalue weighted by Gasteiger charge is 2.27. The van der Waals surface area contributed by atoms with Crippen molar-refractivity contribution in [3.8, 4) is 0 Å². The molecule has 0 bridgehead atoms. The van der Waals surface area contributed by atoms with Crippen molar-refractivity contribution in [2.45, 2.75) is 16.3 Å². The lowest BCUT2D eigenvalue weighted by atomic mass is 10.1. The molecule has 4 aromatic rings. The van der Waals surface area contributed by atoms with Crippen LogP contribution in [0.3, 0.4) is 0 Å². The number of hydrogen-bond donors (Lipinski definition) is 1. The number of aromatic nitrogens is 2. The number of rotatable bonds is 6. The van der Waals surface area contributed by atoms with Gasteiger partial charge in [-0.2, -0.15) is 8.42 Å². The van der Waals surface area contributed by atoms with Gasteiger partial charge in [-0.05, 0) is 59.5 Å². The molecule has 12 heteroatoms. The number of benzene rings is 2. The van der Waals surface area contributed by atoms with Crippen LogP contribution in [0.5, 0.6) is 0 Å². The largest absolute Gasteiger partial charge is 0.332 e. The van der Waals surface area contributed by atoms with Crippen LogP contribution in [0.15, 0.2) is 87.6 Å². The fourth-order valence-corrected chi connectivity index (χ4v) is 5.53. The summed E-state index contributed by atoms with van der Waals surface area (Å²) in [5, 5.41) is 0.991. The van der Waals surface area contributed by atoms with Gasteiger partial charge in [-0.15, -0.1) is 3.89 Å². The van der Waals surface area contributed by atoms with E-state index in [1.54, 1.807) is 18.2 Å². The lowest BCUT2D eigenvalue weighted by molar-refractivity contribution is 0.551. The molecule has 0 aliphatic carbocycles. The number of aromatic amines is 1. The van der Waals surface area contributed by atoms with Crippen LogP contribution in [0.1, 0.15) is 5.56 Å². The number of nitrogens with zero attached hydrogens (tertiary/aromatic N) is 2. The number of halogens is 2. The molecule has 0 saturated heterocycles. The van der Waals surface area contributed by atoms with Gasteiger partial charge in [0.05, 0.1) is 22.0 Å². The van der Waals surface area contributed by atoms with Crippen molar-refractivity contribution >= 4 is 48.3 Å². The summed E-state index contributed by atoms with van der Waals surface area (Å²) in [4.78, 5) is 17.5. The molecular formula is C21H15ClFN3O5S2. The maximum Gasteiger partial charge on any atom is 0.332 e. The summed E-state index contributed by atoms with van der Waals surface area (Å²) < 4.78 is 64.4. The first-order valence-electron chi connectivity index (χ1n) is 9.35. The monoisotopic (exact) mass is 507 g/mol. The Morgan fingerprint density at radius 3 is 2.45 bits per heavy atom. The van der Waals surface area contributed by atoms with Crippen LogP contribution in [0, 0.1) is 0 Å². The van der Waals surface area contributed by atoms with Gasteiger partial charge in [-0.25, -0.2) is 13.4 Å². The highest BCUT2D eigenvalue weighted by Crippen LogP contribution is 2.29. The average molecular weight is 508 g/mol. The fourth-order valence-electron chi connectivity index (χ4n) is 3.26. The van der Waals surface area contributed by atoms with E-state index in [9.17, 15) is 25.5 Å². The molecule has 2 heterocycles. The molecule has 0 unspecified atom stereocenters. The van der Waals surface area contributed by atoms with E-state index < -0.39 is 35.6 Å². The van der Waals surface area contributed by atoms with Gasteiger partial charge in [0.15, 0.2) is 0 Å². The van der Waals surface area contributed by atoms with Crippen molar-refractivity contribution in [3.05, 3.63) is 94.1 Å². The van der Waals surface area contributed by atoms with E-state index in [4.69, 9.17) is 11.6 Å². The Morgan fingerprint density at radius 2 is 1.73 bits per heavy atom. The van der Waals surface area contributed by atoms with Gasteiger partial charge >= 0.3 is 10.2 Å². The zero-order chi connectivity index (χ0) is 23.8. The summed E-state index contributed by atoms with van der Waals surface area (Å²) >= 11 is 5.94. The minimum atomic E-state index is -5.13. The van der Waals surface area contributed by atoms with Gasteiger partial charge in [0.1, 0.15) is 5.15 Å². The highest BCUT2D eigenvalue weighted by atomic mass is 35.5. The minimum absolute atomic E-state index is 0.139. The van der Waals surface area contributed by atoms with E-state index in [0.29, 0.717) is 10.9 Å². The summed E-state index contributed by atoms with van der Waals surface area (Å²) in [6.45, 7) is -0.215. The van der Waals surface area contributed by atoms with Crippen LogP contribution < -0.4 is 9.86 Å². The second-order valence-electron chi connectivity index (χ2n) is 6.99. The Morgan fingerprint density at radius 1 is 0.970 bits per heavy atom. The fraction of sp³-hybridized carbons (Fsp3) is 0.0476. The molecule has 0 amide bonds. The number of hydrogen-bond acceptors (Lipinski definition) is 6. The SMILES string of the molecule is O=c1[nH]ccc2ccc(N(Cc3ccnc(Cl)c3)S(=O)(=O)c3cccc(S(=O)(=O)F)c3)cc12. The van der Waals surface area contributed by atoms with Gasteiger partial charge in [0, 0.05) is 17.8 Å². The molecule has 0 atom stereocenters. The molecule has 0 spiro atoms. The highest BCUT2D eigenvalue weighted by molar-refractivity contribution is 7.92. The molecule has 8 nitrogen and oxygen atoms in total. The van der Waals surface area contributed by atoms with Crippen molar-refractivity contribution in [2.75, 3.05) is 4.31 Å². The average Bonchev–Trinajstić information content (AvgIpc) is 2.77. The Labute approximate surface area is 193 Å². The molecule has 4 rings (SSSR count). The van der Waals surface area contributed by atoms with Crippen molar-refractivity contribution in [1.29, 1.82) is 0 Å². The van der Waals surface area contributed by atoms with Crippen LogP contribution in [0.2, 0.25) is 5.15 Å². The summed E-state index contributed by atoms with van der Waals surface area (Å²) in [6.07, 6.45) is 2.88. The smallest absolute Gasteiger partial charge is 0.329 e. The van der Waals surface area contributed by atoms with Crippen molar-refractivity contribution in [3.63, 3.8) is 0 Å². The lowest BCUT2D eigenvalue weighted by Crippen LogP contribution is -2.31. The third kappa shape index (κ3) is 4.75. The van der Waals surface area contributed by atoms with Crippen molar-refractivity contribution in [1.82, 2.24) is 9.97 Å². The van der Waals surface area contributed by atoms with Crippen LogP contribution in [-0.4, -0.2) is 26.8 Å². The number of nitrogens with one attached hydrogen (secondary N) is 1. The van der Waals surface area contributed by atoms with Crippen molar-refractivity contribution in [2.24, 2.45) is 0 Å². The second kappa shape index (κ2) is 8.58. The second-order valence-corrected chi connectivity index (χ2v) is 10.6.